The highest BCUT2D eigenvalue weighted by atomic mass is 32.2. The van der Waals surface area contributed by atoms with E-state index in [1.165, 1.54) is 11.1 Å². The highest BCUT2D eigenvalue weighted by molar-refractivity contribution is 7.99. The molecule has 0 radical (unpaired) electrons. The Balaban J connectivity index is 1.67. The number of fused-ring (bicyclic) bond motifs is 1. The first kappa shape index (κ1) is 15.4. The molecule has 1 aromatic carbocycles. The third kappa shape index (κ3) is 3.15. The first-order valence-electron chi connectivity index (χ1n) is 7.51. The lowest BCUT2D eigenvalue weighted by molar-refractivity contribution is -0.121. The number of hydrogen-bond donors (Lipinski definition) is 2. The molecule has 0 saturated carbocycles. The van der Waals surface area contributed by atoms with Gasteiger partial charge < -0.3 is 14.8 Å². The van der Waals surface area contributed by atoms with E-state index in [0.717, 1.165) is 28.7 Å². The zero-order valence-corrected chi connectivity index (χ0v) is 13.8. The zero-order chi connectivity index (χ0) is 15.7. The summed E-state index contributed by atoms with van der Waals surface area (Å²) in [4.78, 5) is 12.1. The summed E-state index contributed by atoms with van der Waals surface area (Å²) >= 11 is 1.73. The van der Waals surface area contributed by atoms with Gasteiger partial charge in [-0.3, -0.25) is 4.79 Å². The maximum atomic E-state index is 12.1. The summed E-state index contributed by atoms with van der Waals surface area (Å²) in [6.07, 6.45) is 2.67. The fourth-order valence-corrected chi connectivity index (χ4v) is 4.00. The lowest BCUT2D eigenvalue weighted by Crippen LogP contribution is -2.43. The summed E-state index contributed by atoms with van der Waals surface area (Å²) in [6, 6.07) is 4.07. The minimum absolute atomic E-state index is 0.0775. The predicted octanol–water partition coefficient (Wildman–Crippen LogP) is 2.58. The van der Waals surface area contributed by atoms with Gasteiger partial charge in [0.25, 0.3) is 0 Å². The third-order valence-electron chi connectivity index (χ3n) is 4.32. The largest absolute Gasteiger partial charge is 0.464 e. The molecule has 1 fully saturated rings. The van der Waals surface area contributed by atoms with Crippen molar-refractivity contribution in [1.29, 1.82) is 0 Å². The van der Waals surface area contributed by atoms with Crippen LogP contribution in [0.5, 0.6) is 0 Å². The average molecular weight is 319 g/mol. The highest BCUT2D eigenvalue weighted by Gasteiger charge is 2.31. The Kier molecular flexibility index (Phi) is 4.19. The molecule has 5 heteroatoms. The van der Waals surface area contributed by atoms with Gasteiger partial charge in [0.1, 0.15) is 5.58 Å². The number of furan rings is 1. The molecule has 118 valence electrons. The standard InChI is InChI=1S/C17H21NO3S/c1-11-5-14-13(8-21-15(14)6-12(11)2)7-16(19)18-9-17(20)3-4-22-10-17/h5-6,8,20H,3-4,7,9-10H2,1-2H3,(H,18,19). The number of benzene rings is 1. The van der Waals surface area contributed by atoms with Gasteiger partial charge in [-0.2, -0.15) is 11.8 Å². The lowest BCUT2D eigenvalue weighted by Gasteiger charge is -2.21. The van der Waals surface area contributed by atoms with Crippen molar-refractivity contribution in [1.82, 2.24) is 5.32 Å². The van der Waals surface area contributed by atoms with E-state index in [1.54, 1.807) is 18.0 Å². The molecule has 2 aromatic rings. The molecule has 1 amide bonds. The molecule has 0 bridgehead atoms. The number of carbonyl (C=O) groups is 1. The van der Waals surface area contributed by atoms with E-state index < -0.39 is 5.60 Å². The summed E-state index contributed by atoms with van der Waals surface area (Å²) in [5, 5.41) is 14.1. The predicted molar refractivity (Wildman–Crippen MR) is 89.3 cm³/mol. The zero-order valence-electron chi connectivity index (χ0n) is 12.9. The minimum Gasteiger partial charge on any atom is -0.464 e. The maximum absolute atomic E-state index is 12.1. The van der Waals surface area contributed by atoms with Crippen molar-refractivity contribution in [2.45, 2.75) is 32.3 Å². The van der Waals surface area contributed by atoms with Crippen LogP contribution in [0.1, 0.15) is 23.1 Å². The third-order valence-corrected chi connectivity index (χ3v) is 5.55. The molecule has 4 nitrogen and oxygen atoms in total. The molecule has 2 N–H and O–H groups in total. The molecule has 0 spiro atoms. The van der Waals surface area contributed by atoms with Crippen LogP contribution in [0.4, 0.5) is 0 Å². The van der Waals surface area contributed by atoms with E-state index in [-0.39, 0.29) is 12.3 Å². The van der Waals surface area contributed by atoms with E-state index >= 15 is 0 Å². The normalized spacial score (nSPS) is 21.4. The number of rotatable bonds is 4. The smallest absolute Gasteiger partial charge is 0.224 e. The Morgan fingerprint density at radius 2 is 2.18 bits per heavy atom. The van der Waals surface area contributed by atoms with Crippen molar-refractivity contribution in [2.75, 3.05) is 18.1 Å². The van der Waals surface area contributed by atoms with Gasteiger partial charge in [0.2, 0.25) is 5.91 Å². The Hall–Kier alpha value is -1.46. The Bertz CT molecular complexity index is 701. The molecule has 0 aliphatic carbocycles. The van der Waals surface area contributed by atoms with Crippen molar-refractivity contribution < 1.29 is 14.3 Å². The van der Waals surface area contributed by atoms with Gasteiger partial charge >= 0.3 is 0 Å². The van der Waals surface area contributed by atoms with Crippen LogP contribution in [0.2, 0.25) is 0 Å². The van der Waals surface area contributed by atoms with Crippen LogP contribution in [-0.2, 0) is 11.2 Å². The fraction of sp³-hybridized carbons (Fsp3) is 0.471. The van der Waals surface area contributed by atoms with E-state index in [0.29, 0.717) is 12.3 Å². The topological polar surface area (TPSA) is 62.5 Å². The maximum Gasteiger partial charge on any atom is 0.224 e. The lowest BCUT2D eigenvalue weighted by atomic mass is 10.0. The van der Waals surface area contributed by atoms with Gasteiger partial charge in [0.15, 0.2) is 0 Å². The van der Waals surface area contributed by atoms with Crippen molar-refractivity contribution in [3.63, 3.8) is 0 Å². The Labute approximate surface area is 134 Å². The molecule has 1 aliphatic heterocycles. The minimum atomic E-state index is -0.744. The second-order valence-electron chi connectivity index (χ2n) is 6.17. The number of nitrogens with one attached hydrogen (secondary N) is 1. The Morgan fingerprint density at radius 3 is 2.91 bits per heavy atom. The van der Waals surface area contributed by atoms with Crippen molar-refractivity contribution in [3.05, 3.63) is 35.1 Å². The number of hydrogen-bond acceptors (Lipinski definition) is 4. The van der Waals surface area contributed by atoms with Crippen LogP contribution in [0.25, 0.3) is 11.0 Å². The average Bonchev–Trinajstić information content (AvgIpc) is 3.06. The molecule has 1 atom stereocenters. The summed E-state index contributed by atoms with van der Waals surface area (Å²) in [6.45, 7) is 4.43. The van der Waals surface area contributed by atoms with Crippen LogP contribution in [0.3, 0.4) is 0 Å². The van der Waals surface area contributed by atoms with Gasteiger partial charge in [-0.05, 0) is 49.3 Å². The highest BCUT2D eigenvalue weighted by Crippen LogP contribution is 2.27. The van der Waals surface area contributed by atoms with Crippen LogP contribution < -0.4 is 5.32 Å². The van der Waals surface area contributed by atoms with E-state index in [4.69, 9.17) is 4.42 Å². The van der Waals surface area contributed by atoms with Gasteiger partial charge in [-0.1, -0.05) is 0 Å². The van der Waals surface area contributed by atoms with Gasteiger partial charge in [0.05, 0.1) is 18.3 Å². The second kappa shape index (κ2) is 5.97. The van der Waals surface area contributed by atoms with E-state index in [1.807, 2.05) is 13.0 Å². The number of aliphatic hydroxyl groups is 1. The number of amides is 1. The van der Waals surface area contributed by atoms with Gasteiger partial charge in [-0.25, -0.2) is 0 Å². The van der Waals surface area contributed by atoms with Crippen molar-refractivity contribution in [3.8, 4) is 0 Å². The first-order valence-corrected chi connectivity index (χ1v) is 8.66. The van der Waals surface area contributed by atoms with E-state index in [9.17, 15) is 9.90 Å². The molecular formula is C17H21NO3S. The Morgan fingerprint density at radius 1 is 1.41 bits per heavy atom. The molecule has 1 saturated heterocycles. The van der Waals surface area contributed by atoms with Crippen LogP contribution >= 0.6 is 11.8 Å². The molecular weight excluding hydrogens is 298 g/mol. The molecule has 3 rings (SSSR count). The monoisotopic (exact) mass is 319 g/mol. The second-order valence-corrected chi connectivity index (χ2v) is 7.28. The molecule has 1 unspecified atom stereocenters. The van der Waals surface area contributed by atoms with Crippen LogP contribution in [0.15, 0.2) is 22.8 Å². The molecule has 2 heterocycles. The number of thioether (sulfide) groups is 1. The first-order chi connectivity index (χ1) is 10.5. The summed E-state index contributed by atoms with van der Waals surface area (Å²) in [5.41, 5.74) is 3.33. The molecule has 1 aliphatic rings. The summed E-state index contributed by atoms with van der Waals surface area (Å²) in [7, 11) is 0. The van der Waals surface area contributed by atoms with Gasteiger partial charge in [-0.15, -0.1) is 0 Å². The van der Waals surface area contributed by atoms with Gasteiger partial charge in [0, 0.05) is 23.2 Å². The number of aryl methyl sites for hydroxylation is 2. The number of carbonyl (C=O) groups excluding carboxylic acids is 1. The van der Waals surface area contributed by atoms with E-state index in [2.05, 4.69) is 18.3 Å². The van der Waals surface area contributed by atoms with Crippen molar-refractivity contribution in [2.24, 2.45) is 0 Å². The summed E-state index contributed by atoms with van der Waals surface area (Å²) in [5.74, 6) is 1.57. The van der Waals surface area contributed by atoms with Crippen LogP contribution in [-0.4, -0.2) is 34.7 Å². The molecule has 1 aromatic heterocycles. The molecule has 22 heavy (non-hydrogen) atoms. The quantitative estimate of drug-likeness (QED) is 0.909. The fourth-order valence-electron chi connectivity index (χ4n) is 2.71. The SMILES string of the molecule is Cc1cc2occ(CC(=O)NCC3(O)CCSC3)c2cc1C. The van der Waals surface area contributed by atoms with Crippen molar-refractivity contribution >= 4 is 28.6 Å². The van der Waals surface area contributed by atoms with Crippen LogP contribution in [0, 0.1) is 13.8 Å². The summed E-state index contributed by atoms with van der Waals surface area (Å²) < 4.78 is 5.55.